The Hall–Kier alpha value is -2.06. The second-order valence-electron chi connectivity index (χ2n) is 4.71. The molecule has 0 atom stereocenters. The lowest BCUT2D eigenvalue weighted by Gasteiger charge is -2.18. The van der Waals surface area contributed by atoms with E-state index in [4.69, 9.17) is 9.47 Å². The number of nitrogens with zero attached hydrogens (tertiary/aromatic N) is 1. The molecular formula is C15H13BrN2O4S. The first kappa shape index (κ1) is 15.8. The molecule has 0 aliphatic carbocycles. The fourth-order valence-corrected chi connectivity index (χ4v) is 3.03. The molecule has 6 nitrogen and oxygen atoms in total. The number of hydrazone groups is 1. The lowest BCUT2D eigenvalue weighted by molar-refractivity contribution is 0.171. The summed E-state index contributed by atoms with van der Waals surface area (Å²) in [6.45, 7) is 1.01. The average Bonchev–Trinajstić information content (AvgIpc) is 2.55. The highest BCUT2D eigenvalue weighted by molar-refractivity contribution is 9.10. The number of sulfonamides is 1. The molecule has 3 rings (SSSR count). The Morgan fingerprint density at radius 3 is 2.48 bits per heavy atom. The van der Waals surface area contributed by atoms with Crippen molar-refractivity contribution in [2.45, 2.75) is 4.90 Å². The van der Waals surface area contributed by atoms with Crippen LogP contribution in [0.3, 0.4) is 0 Å². The number of hydrogen-bond acceptors (Lipinski definition) is 5. The molecule has 1 aliphatic rings. The zero-order valence-electron chi connectivity index (χ0n) is 11.9. The zero-order valence-corrected chi connectivity index (χ0v) is 14.3. The van der Waals surface area contributed by atoms with Crippen molar-refractivity contribution in [3.63, 3.8) is 0 Å². The minimum Gasteiger partial charge on any atom is -0.486 e. The molecule has 0 amide bonds. The highest BCUT2D eigenvalue weighted by atomic mass is 79.9. The minimum atomic E-state index is -3.69. The third-order valence-electron chi connectivity index (χ3n) is 3.08. The number of ether oxygens (including phenoxy) is 2. The van der Waals surface area contributed by atoms with Gasteiger partial charge in [-0.2, -0.15) is 13.5 Å². The maximum atomic E-state index is 12.1. The molecule has 1 heterocycles. The lowest BCUT2D eigenvalue weighted by atomic mass is 10.2. The second kappa shape index (κ2) is 6.59. The molecule has 0 spiro atoms. The Balaban J connectivity index is 1.72. The van der Waals surface area contributed by atoms with Crippen LogP contribution in [0.25, 0.3) is 0 Å². The van der Waals surface area contributed by atoms with Crippen LogP contribution in [-0.2, 0) is 10.0 Å². The summed E-state index contributed by atoms with van der Waals surface area (Å²) < 4.78 is 35.8. The summed E-state index contributed by atoms with van der Waals surface area (Å²) in [5, 5.41) is 3.79. The molecule has 23 heavy (non-hydrogen) atoms. The summed E-state index contributed by atoms with van der Waals surface area (Å²) in [4.78, 5) is 2.32. The zero-order chi connectivity index (χ0) is 16.3. The molecule has 0 radical (unpaired) electrons. The van der Waals surface area contributed by atoms with Crippen LogP contribution in [0.5, 0.6) is 11.5 Å². The van der Waals surface area contributed by atoms with Gasteiger partial charge in [0.05, 0.1) is 11.1 Å². The molecule has 8 heteroatoms. The largest absolute Gasteiger partial charge is 0.486 e. The van der Waals surface area contributed by atoms with E-state index in [1.54, 1.807) is 30.3 Å². The minimum absolute atomic E-state index is 0.139. The molecule has 0 bridgehead atoms. The maximum Gasteiger partial charge on any atom is 0.276 e. The number of rotatable bonds is 4. The molecule has 1 aliphatic heterocycles. The summed E-state index contributed by atoms with van der Waals surface area (Å²) >= 11 is 3.26. The van der Waals surface area contributed by atoms with Crippen molar-refractivity contribution in [1.29, 1.82) is 0 Å². The lowest BCUT2D eigenvalue weighted by Crippen LogP contribution is -2.18. The van der Waals surface area contributed by atoms with Gasteiger partial charge in [0.15, 0.2) is 11.5 Å². The Kier molecular flexibility index (Phi) is 4.53. The Morgan fingerprint density at radius 1 is 1.04 bits per heavy atom. The van der Waals surface area contributed by atoms with Crippen molar-refractivity contribution >= 4 is 32.2 Å². The van der Waals surface area contributed by atoms with Crippen LogP contribution in [0.15, 0.2) is 56.9 Å². The number of halogens is 1. The molecular weight excluding hydrogens is 384 g/mol. The molecule has 0 saturated carbocycles. The molecule has 2 aromatic rings. The summed E-state index contributed by atoms with van der Waals surface area (Å²) in [5.41, 5.74) is 0.702. The average molecular weight is 397 g/mol. The van der Waals surface area contributed by atoms with Crippen LogP contribution in [0, 0.1) is 0 Å². The molecule has 0 fully saturated rings. The van der Waals surface area contributed by atoms with Crippen LogP contribution < -0.4 is 14.3 Å². The van der Waals surface area contributed by atoms with Gasteiger partial charge in [0.2, 0.25) is 0 Å². The molecule has 2 aromatic carbocycles. The maximum absolute atomic E-state index is 12.1. The Morgan fingerprint density at radius 2 is 1.74 bits per heavy atom. The predicted molar refractivity (Wildman–Crippen MR) is 89.5 cm³/mol. The third-order valence-corrected chi connectivity index (χ3v) is 4.84. The van der Waals surface area contributed by atoms with Gasteiger partial charge in [0.1, 0.15) is 13.2 Å². The van der Waals surface area contributed by atoms with E-state index in [-0.39, 0.29) is 4.90 Å². The van der Waals surface area contributed by atoms with Crippen molar-refractivity contribution in [2.75, 3.05) is 13.2 Å². The van der Waals surface area contributed by atoms with Gasteiger partial charge in [-0.3, -0.25) is 0 Å². The van der Waals surface area contributed by atoms with Crippen LogP contribution in [0.2, 0.25) is 0 Å². The van der Waals surface area contributed by atoms with Crippen LogP contribution in [0.1, 0.15) is 5.56 Å². The van der Waals surface area contributed by atoms with Gasteiger partial charge in [-0.25, -0.2) is 4.83 Å². The number of nitrogens with one attached hydrogen (secondary N) is 1. The van der Waals surface area contributed by atoms with Crippen LogP contribution in [-0.4, -0.2) is 27.8 Å². The summed E-state index contributed by atoms with van der Waals surface area (Å²) in [6.07, 6.45) is 1.41. The first-order valence-electron chi connectivity index (χ1n) is 6.75. The van der Waals surface area contributed by atoms with Gasteiger partial charge in [0.25, 0.3) is 10.0 Å². The number of hydrogen-bond donors (Lipinski definition) is 1. The molecule has 120 valence electrons. The third kappa shape index (κ3) is 3.83. The first-order chi connectivity index (χ1) is 11.0. The Labute approximate surface area is 142 Å². The smallest absolute Gasteiger partial charge is 0.276 e. The molecule has 1 N–H and O–H groups in total. The first-order valence-corrected chi connectivity index (χ1v) is 9.02. The van der Waals surface area contributed by atoms with E-state index in [1.807, 2.05) is 0 Å². The van der Waals surface area contributed by atoms with E-state index < -0.39 is 10.0 Å². The summed E-state index contributed by atoms with van der Waals surface area (Å²) in [7, 11) is -3.69. The highest BCUT2D eigenvalue weighted by Gasteiger charge is 2.13. The molecule has 0 unspecified atom stereocenters. The van der Waals surface area contributed by atoms with Crippen molar-refractivity contribution < 1.29 is 17.9 Å². The van der Waals surface area contributed by atoms with Crippen molar-refractivity contribution in [2.24, 2.45) is 5.10 Å². The van der Waals surface area contributed by atoms with Gasteiger partial charge in [-0.05, 0) is 48.0 Å². The second-order valence-corrected chi connectivity index (χ2v) is 7.29. The van der Waals surface area contributed by atoms with Crippen LogP contribution in [0.4, 0.5) is 0 Å². The van der Waals surface area contributed by atoms with E-state index in [0.717, 1.165) is 4.47 Å². The monoisotopic (exact) mass is 396 g/mol. The van der Waals surface area contributed by atoms with Gasteiger partial charge >= 0.3 is 0 Å². The number of benzene rings is 2. The fourth-order valence-electron chi connectivity index (χ4n) is 1.98. The van der Waals surface area contributed by atoms with Gasteiger partial charge in [-0.1, -0.05) is 15.9 Å². The SMILES string of the molecule is O=S(=O)(N/N=C\c1ccc2c(c1)OCCO2)c1ccc(Br)cc1. The summed E-state index contributed by atoms with van der Waals surface area (Å²) in [5.74, 6) is 1.29. The molecule has 0 saturated heterocycles. The number of fused-ring (bicyclic) bond motifs is 1. The van der Waals surface area contributed by atoms with Gasteiger partial charge < -0.3 is 9.47 Å². The Bertz CT molecular complexity index is 835. The van der Waals surface area contributed by atoms with E-state index in [9.17, 15) is 8.42 Å². The van der Waals surface area contributed by atoms with Gasteiger partial charge in [0, 0.05) is 4.47 Å². The fraction of sp³-hybridized carbons (Fsp3) is 0.133. The van der Waals surface area contributed by atoms with Crippen molar-refractivity contribution in [1.82, 2.24) is 4.83 Å². The van der Waals surface area contributed by atoms with Crippen molar-refractivity contribution in [3.8, 4) is 11.5 Å². The highest BCUT2D eigenvalue weighted by Crippen LogP contribution is 2.30. The summed E-state index contributed by atoms with van der Waals surface area (Å²) in [6, 6.07) is 11.6. The normalized spacial score (nSPS) is 14.0. The van der Waals surface area contributed by atoms with E-state index in [1.165, 1.54) is 18.3 Å². The van der Waals surface area contributed by atoms with Gasteiger partial charge in [-0.15, -0.1) is 0 Å². The predicted octanol–water partition coefficient (Wildman–Crippen LogP) is 2.53. The quantitative estimate of drug-likeness (QED) is 0.636. The van der Waals surface area contributed by atoms with E-state index >= 15 is 0 Å². The van der Waals surface area contributed by atoms with E-state index in [0.29, 0.717) is 30.3 Å². The van der Waals surface area contributed by atoms with Crippen molar-refractivity contribution in [3.05, 3.63) is 52.5 Å². The van der Waals surface area contributed by atoms with Crippen LogP contribution >= 0.6 is 15.9 Å². The standard InChI is InChI=1S/C15H13BrN2O4S/c16-12-2-4-13(5-3-12)23(19,20)18-17-10-11-1-6-14-15(9-11)22-8-7-21-14/h1-6,9-10,18H,7-8H2/b17-10-. The molecule has 0 aromatic heterocycles. The van der Waals surface area contributed by atoms with E-state index in [2.05, 4.69) is 25.9 Å². The topological polar surface area (TPSA) is 77.0 Å².